The van der Waals surface area contributed by atoms with Gasteiger partial charge < -0.3 is 15.1 Å². The molecule has 2 aliphatic rings. The number of hydrogen-bond donors (Lipinski definition) is 1. The van der Waals surface area contributed by atoms with E-state index in [0.717, 1.165) is 49.9 Å². The summed E-state index contributed by atoms with van der Waals surface area (Å²) in [6.45, 7) is 11.6. The summed E-state index contributed by atoms with van der Waals surface area (Å²) in [6.07, 6.45) is 1.30. The van der Waals surface area contributed by atoms with Crippen LogP contribution in [-0.2, 0) is 0 Å². The Morgan fingerprint density at radius 1 is 1.10 bits per heavy atom. The highest BCUT2D eigenvalue weighted by Crippen LogP contribution is 2.34. The summed E-state index contributed by atoms with van der Waals surface area (Å²) in [7, 11) is 0. The maximum Gasteiger partial charge on any atom is 0.227 e. The number of benzene rings is 1. The van der Waals surface area contributed by atoms with Crippen LogP contribution in [0.5, 0.6) is 0 Å². The molecule has 2 aliphatic heterocycles. The quantitative estimate of drug-likeness (QED) is 0.610. The van der Waals surface area contributed by atoms with Crippen LogP contribution in [0.25, 0.3) is 0 Å². The molecule has 3 atom stereocenters. The molecule has 1 N–H and O–H groups in total. The molecule has 3 unspecified atom stereocenters. The first-order valence-corrected chi connectivity index (χ1v) is 11.7. The average molecular weight is 469 g/mol. The lowest BCUT2D eigenvalue weighted by atomic mass is 9.85. The molecule has 2 fully saturated rings. The van der Waals surface area contributed by atoms with Gasteiger partial charge in [-0.15, -0.1) is 0 Å². The highest BCUT2D eigenvalue weighted by Gasteiger charge is 2.34. The second kappa shape index (κ2) is 9.07. The van der Waals surface area contributed by atoms with Crippen LogP contribution < -0.4 is 10.2 Å². The largest absolute Gasteiger partial charge is 0.362 e. The van der Waals surface area contributed by atoms with E-state index in [4.69, 9.17) is 44.8 Å². The molecule has 0 radical (unpaired) electrons. The van der Waals surface area contributed by atoms with Crippen LogP contribution in [0.2, 0.25) is 15.1 Å². The molecule has 2 aromatic rings. The summed E-state index contributed by atoms with van der Waals surface area (Å²) >= 11 is 19.0. The minimum atomic E-state index is -0.0757. The molecule has 1 aromatic carbocycles. The predicted octanol–water partition coefficient (Wildman–Crippen LogP) is 5.70. The van der Waals surface area contributed by atoms with Crippen molar-refractivity contribution in [3.8, 4) is 0 Å². The van der Waals surface area contributed by atoms with Gasteiger partial charge >= 0.3 is 0 Å². The molecule has 3 heterocycles. The van der Waals surface area contributed by atoms with Gasteiger partial charge in [-0.05, 0) is 56.3 Å². The summed E-state index contributed by atoms with van der Waals surface area (Å²) in [5.41, 5.74) is 1.73. The number of likely N-dealkylation sites (tertiary alicyclic amines) is 1. The van der Waals surface area contributed by atoms with Gasteiger partial charge in [0.05, 0.1) is 11.7 Å². The van der Waals surface area contributed by atoms with Gasteiger partial charge in [0.15, 0.2) is 5.82 Å². The van der Waals surface area contributed by atoms with Gasteiger partial charge in [-0.2, -0.15) is 4.98 Å². The number of anilines is 2. The fraction of sp³-hybridized carbons (Fsp3) is 0.545. The lowest BCUT2D eigenvalue weighted by Crippen LogP contribution is -2.53. The monoisotopic (exact) mass is 467 g/mol. The van der Waals surface area contributed by atoms with Crippen molar-refractivity contribution in [1.82, 2.24) is 14.9 Å². The van der Waals surface area contributed by atoms with Crippen molar-refractivity contribution in [1.29, 1.82) is 0 Å². The number of halogens is 3. The van der Waals surface area contributed by atoms with Gasteiger partial charge in [0, 0.05) is 36.2 Å². The van der Waals surface area contributed by atoms with Crippen molar-refractivity contribution >= 4 is 46.6 Å². The number of fused-ring (bicyclic) bond motifs is 2. The molecule has 30 heavy (non-hydrogen) atoms. The van der Waals surface area contributed by atoms with Crippen LogP contribution >= 0.6 is 34.8 Å². The average Bonchev–Trinajstić information content (AvgIpc) is 2.70. The second-order valence-corrected chi connectivity index (χ2v) is 9.75. The Kier molecular flexibility index (Phi) is 6.64. The van der Waals surface area contributed by atoms with Crippen molar-refractivity contribution in [2.75, 3.05) is 42.9 Å². The van der Waals surface area contributed by atoms with E-state index in [2.05, 4.69) is 22.0 Å². The van der Waals surface area contributed by atoms with Crippen LogP contribution in [0.1, 0.15) is 37.6 Å². The number of rotatable bonds is 5. The van der Waals surface area contributed by atoms with Gasteiger partial charge in [-0.25, -0.2) is 4.98 Å². The van der Waals surface area contributed by atoms with Gasteiger partial charge in [0.25, 0.3) is 0 Å². The molecule has 0 saturated carbocycles. The fourth-order valence-electron chi connectivity index (χ4n) is 4.73. The molecular formula is C22H28Cl3N5. The van der Waals surface area contributed by atoms with Crippen molar-refractivity contribution in [3.63, 3.8) is 0 Å². The van der Waals surface area contributed by atoms with E-state index < -0.39 is 0 Å². The molecule has 162 valence electrons. The van der Waals surface area contributed by atoms with Crippen molar-refractivity contribution in [3.05, 3.63) is 44.5 Å². The third kappa shape index (κ3) is 4.64. The fourth-order valence-corrected chi connectivity index (χ4v) is 5.44. The molecule has 8 heteroatoms. The lowest BCUT2D eigenvalue weighted by Gasteiger charge is -2.45. The molecule has 5 nitrogen and oxygen atoms in total. The van der Waals surface area contributed by atoms with Crippen molar-refractivity contribution in [2.24, 2.45) is 11.8 Å². The Morgan fingerprint density at radius 3 is 2.43 bits per heavy atom. The van der Waals surface area contributed by atoms with Crippen LogP contribution in [0.15, 0.2) is 18.2 Å². The number of aryl methyl sites for hydroxylation is 1. The van der Waals surface area contributed by atoms with E-state index in [1.165, 1.54) is 6.42 Å². The SMILES string of the molecule is CCN1CC2CC(C1)CN(c1nc(C)c(Cl)c(NC(C)c3ccc(Cl)cc3Cl)n1)C2. The summed E-state index contributed by atoms with van der Waals surface area (Å²) in [5, 5.41) is 5.21. The van der Waals surface area contributed by atoms with E-state index in [-0.39, 0.29) is 6.04 Å². The minimum absolute atomic E-state index is 0.0757. The zero-order valence-corrected chi connectivity index (χ0v) is 19.9. The van der Waals surface area contributed by atoms with Crippen LogP contribution in [0.4, 0.5) is 11.8 Å². The minimum Gasteiger partial charge on any atom is -0.362 e. The Hall–Kier alpha value is -1.27. The highest BCUT2D eigenvalue weighted by atomic mass is 35.5. The van der Waals surface area contributed by atoms with Gasteiger partial charge in [-0.3, -0.25) is 0 Å². The summed E-state index contributed by atoms with van der Waals surface area (Å²) in [4.78, 5) is 14.4. The van der Waals surface area contributed by atoms with Crippen LogP contribution in [0.3, 0.4) is 0 Å². The molecular weight excluding hydrogens is 441 g/mol. The van der Waals surface area contributed by atoms with Crippen molar-refractivity contribution in [2.45, 2.75) is 33.2 Å². The predicted molar refractivity (Wildman–Crippen MR) is 126 cm³/mol. The van der Waals surface area contributed by atoms with E-state index in [0.29, 0.717) is 32.7 Å². The maximum atomic E-state index is 6.57. The number of piperidine rings is 2. The summed E-state index contributed by atoms with van der Waals surface area (Å²) < 4.78 is 0. The zero-order chi connectivity index (χ0) is 21.4. The summed E-state index contributed by atoms with van der Waals surface area (Å²) in [6, 6.07) is 5.44. The van der Waals surface area contributed by atoms with Crippen LogP contribution in [0, 0.1) is 18.8 Å². The molecule has 4 rings (SSSR count). The standard InChI is InChI=1S/C22H28Cl3N5/c1-4-29-9-15-7-16(10-29)12-30(11-15)22-27-14(3)20(25)21(28-22)26-13(2)18-6-5-17(23)8-19(18)24/h5-6,8,13,15-16H,4,7,9-12H2,1-3H3,(H,26,27,28). The van der Waals surface area contributed by atoms with E-state index in [1.807, 2.05) is 26.0 Å². The number of hydrogen-bond acceptors (Lipinski definition) is 5. The number of aromatic nitrogens is 2. The second-order valence-electron chi connectivity index (χ2n) is 8.53. The third-order valence-electron chi connectivity index (χ3n) is 6.17. The lowest BCUT2D eigenvalue weighted by molar-refractivity contribution is 0.114. The molecule has 0 spiro atoms. The molecule has 0 amide bonds. The normalized spacial score (nSPS) is 22.8. The topological polar surface area (TPSA) is 44.3 Å². The Labute approximate surface area is 193 Å². The smallest absolute Gasteiger partial charge is 0.227 e. The number of nitrogens with one attached hydrogen (secondary N) is 1. The summed E-state index contributed by atoms with van der Waals surface area (Å²) in [5.74, 6) is 2.73. The Balaban J connectivity index is 1.56. The maximum absolute atomic E-state index is 6.57. The molecule has 2 saturated heterocycles. The Morgan fingerprint density at radius 2 is 1.80 bits per heavy atom. The van der Waals surface area contributed by atoms with E-state index >= 15 is 0 Å². The third-order valence-corrected chi connectivity index (χ3v) is 7.19. The van der Waals surface area contributed by atoms with Crippen molar-refractivity contribution < 1.29 is 0 Å². The highest BCUT2D eigenvalue weighted by molar-refractivity contribution is 6.35. The first kappa shape index (κ1) is 21.9. The zero-order valence-electron chi connectivity index (χ0n) is 17.6. The molecule has 0 aliphatic carbocycles. The molecule has 2 bridgehead atoms. The van der Waals surface area contributed by atoms with E-state index in [1.54, 1.807) is 6.07 Å². The van der Waals surface area contributed by atoms with Gasteiger partial charge in [0.2, 0.25) is 5.95 Å². The number of nitrogens with zero attached hydrogens (tertiary/aromatic N) is 4. The Bertz CT molecular complexity index is 908. The van der Waals surface area contributed by atoms with Crippen LogP contribution in [-0.4, -0.2) is 47.6 Å². The van der Waals surface area contributed by atoms with E-state index in [9.17, 15) is 0 Å². The van der Waals surface area contributed by atoms with Gasteiger partial charge in [0.1, 0.15) is 5.02 Å². The first-order chi connectivity index (χ1) is 14.3. The van der Waals surface area contributed by atoms with Gasteiger partial charge in [-0.1, -0.05) is 47.8 Å². The molecule has 1 aromatic heterocycles. The first-order valence-electron chi connectivity index (χ1n) is 10.6.